The molecule has 1 heterocycles. The van der Waals surface area contributed by atoms with E-state index in [1.165, 1.54) is 6.08 Å². The zero-order valence-electron chi connectivity index (χ0n) is 7.41. The van der Waals surface area contributed by atoms with Crippen LogP contribution in [-0.2, 0) is 9.53 Å². The highest BCUT2D eigenvalue weighted by Gasteiger charge is 2.29. The Labute approximate surface area is 72.1 Å². The predicted octanol–water partition coefficient (Wildman–Crippen LogP) is 1.34. The van der Waals surface area contributed by atoms with Crippen LogP contribution in [0.1, 0.15) is 20.3 Å². The van der Waals surface area contributed by atoms with Gasteiger partial charge in [0.05, 0.1) is 5.54 Å². The van der Waals surface area contributed by atoms with Crippen molar-refractivity contribution in [1.29, 1.82) is 0 Å². The van der Waals surface area contributed by atoms with Gasteiger partial charge in [-0.15, -0.1) is 0 Å². The Morgan fingerprint density at radius 1 is 1.75 bits per heavy atom. The van der Waals surface area contributed by atoms with Crippen LogP contribution >= 0.6 is 0 Å². The third-order valence-electron chi connectivity index (χ3n) is 1.71. The van der Waals surface area contributed by atoms with E-state index < -0.39 is 0 Å². The van der Waals surface area contributed by atoms with Crippen LogP contribution in [0, 0.1) is 0 Å². The Morgan fingerprint density at radius 3 is 2.92 bits per heavy atom. The topological polar surface area (TPSA) is 38.7 Å². The summed E-state index contributed by atoms with van der Waals surface area (Å²) < 4.78 is 5.18. The average molecular weight is 167 g/mol. The number of carbonyl (C=O) groups excluding carboxylic acids is 1. The fourth-order valence-corrected chi connectivity index (χ4v) is 1.23. The second kappa shape index (κ2) is 3.09. The lowest BCUT2D eigenvalue weighted by Gasteiger charge is -2.29. The average Bonchev–Trinajstić information content (AvgIpc) is 2.01. The molecule has 0 aromatic carbocycles. The summed E-state index contributed by atoms with van der Waals surface area (Å²) in [4.78, 5) is 14.7. The van der Waals surface area contributed by atoms with Crippen molar-refractivity contribution in [2.75, 3.05) is 0 Å². The van der Waals surface area contributed by atoms with Gasteiger partial charge in [-0.1, -0.05) is 6.58 Å². The van der Waals surface area contributed by atoms with Gasteiger partial charge in [0.2, 0.25) is 5.90 Å². The van der Waals surface area contributed by atoms with E-state index in [-0.39, 0.29) is 11.6 Å². The molecule has 66 valence electrons. The van der Waals surface area contributed by atoms with E-state index in [0.717, 1.165) is 6.29 Å². The number of hydrogen-bond donors (Lipinski definition) is 0. The highest BCUT2D eigenvalue weighted by atomic mass is 16.5. The lowest BCUT2D eigenvalue weighted by Crippen LogP contribution is -2.35. The second-order valence-electron chi connectivity index (χ2n) is 3.46. The van der Waals surface area contributed by atoms with Gasteiger partial charge in [-0.2, -0.15) is 0 Å². The molecule has 1 atom stereocenters. The van der Waals surface area contributed by atoms with Gasteiger partial charge in [0.15, 0.2) is 12.4 Å². The van der Waals surface area contributed by atoms with Crippen molar-refractivity contribution in [3.63, 3.8) is 0 Å². The number of ether oxygens (including phenoxy) is 1. The summed E-state index contributed by atoms with van der Waals surface area (Å²) in [6.45, 7) is 7.48. The van der Waals surface area contributed by atoms with Gasteiger partial charge in [0.25, 0.3) is 0 Å². The molecule has 0 aromatic rings. The van der Waals surface area contributed by atoms with Crippen molar-refractivity contribution in [2.45, 2.75) is 31.9 Å². The maximum Gasteiger partial charge on any atom is 0.209 e. The molecule has 0 aromatic heterocycles. The fourth-order valence-electron chi connectivity index (χ4n) is 1.23. The quantitative estimate of drug-likeness (QED) is 0.582. The number of aldehydes is 1. The largest absolute Gasteiger partial charge is 0.467 e. The van der Waals surface area contributed by atoms with E-state index in [1.807, 2.05) is 13.8 Å². The Morgan fingerprint density at radius 2 is 2.42 bits per heavy atom. The molecule has 1 unspecified atom stereocenters. The molecule has 0 radical (unpaired) electrons. The standard InChI is InChI=1S/C9H13NO2/c1-4-8-10-9(2,3)5-7(6-11)12-8/h4,6-7H,1,5H2,2-3H3. The third-order valence-corrected chi connectivity index (χ3v) is 1.71. The molecular formula is C9H13NO2. The molecule has 1 aliphatic heterocycles. The van der Waals surface area contributed by atoms with Crippen molar-refractivity contribution in [3.05, 3.63) is 12.7 Å². The number of aliphatic imine (C=N–C) groups is 1. The molecule has 0 amide bonds. The maximum absolute atomic E-state index is 10.5. The summed E-state index contributed by atoms with van der Waals surface area (Å²) in [5.74, 6) is 0.461. The molecule has 0 spiro atoms. The van der Waals surface area contributed by atoms with Crippen LogP contribution in [0.5, 0.6) is 0 Å². The highest BCUT2D eigenvalue weighted by molar-refractivity contribution is 5.89. The molecule has 12 heavy (non-hydrogen) atoms. The maximum atomic E-state index is 10.5. The minimum atomic E-state index is -0.370. The molecule has 0 N–H and O–H groups in total. The van der Waals surface area contributed by atoms with Crippen molar-refractivity contribution in [2.24, 2.45) is 4.99 Å². The molecular weight excluding hydrogens is 154 g/mol. The van der Waals surface area contributed by atoms with Crippen molar-refractivity contribution in [3.8, 4) is 0 Å². The first-order valence-corrected chi connectivity index (χ1v) is 3.91. The first kappa shape index (κ1) is 8.97. The summed E-state index contributed by atoms with van der Waals surface area (Å²) >= 11 is 0. The number of nitrogens with zero attached hydrogens (tertiary/aromatic N) is 1. The first-order chi connectivity index (χ1) is 5.57. The fraction of sp³-hybridized carbons (Fsp3) is 0.556. The second-order valence-corrected chi connectivity index (χ2v) is 3.46. The highest BCUT2D eigenvalue weighted by Crippen LogP contribution is 2.23. The minimum absolute atomic E-state index is 0.215. The van der Waals surface area contributed by atoms with Gasteiger partial charge in [0.1, 0.15) is 0 Å². The molecule has 1 rings (SSSR count). The Balaban J connectivity index is 2.84. The van der Waals surface area contributed by atoms with E-state index in [2.05, 4.69) is 11.6 Å². The van der Waals surface area contributed by atoms with Gasteiger partial charge in [-0.3, -0.25) is 4.79 Å². The Kier molecular flexibility index (Phi) is 2.31. The van der Waals surface area contributed by atoms with Gasteiger partial charge in [0, 0.05) is 6.42 Å². The zero-order chi connectivity index (χ0) is 9.19. The van der Waals surface area contributed by atoms with Gasteiger partial charge in [-0.25, -0.2) is 4.99 Å². The van der Waals surface area contributed by atoms with Crippen LogP contribution in [0.3, 0.4) is 0 Å². The van der Waals surface area contributed by atoms with Crippen molar-refractivity contribution in [1.82, 2.24) is 0 Å². The van der Waals surface area contributed by atoms with Gasteiger partial charge >= 0.3 is 0 Å². The Hall–Kier alpha value is -1.12. The van der Waals surface area contributed by atoms with E-state index in [1.54, 1.807) is 0 Å². The van der Waals surface area contributed by atoms with E-state index >= 15 is 0 Å². The zero-order valence-corrected chi connectivity index (χ0v) is 7.41. The lowest BCUT2D eigenvalue weighted by molar-refractivity contribution is -0.115. The van der Waals surface area contributed by atoms with E-state index in [9.17, 15) is 4.79 Å². The molecule has 0 bridgehead atoms. The normalized spacial score (nSPS) is 26.8. The molecule has 0 saturated carbocycles. The monoisotopic (exact) mass is 167 g/mol. The van der Waals surface area contributed by atoms with Gasteiger partial charge in [-0.05, 0) is 19.9 Å². The number of carbonyl (C=O) groups is 1. The molecule has 3 nitrogen and oxygen atoms in total. The Bertz CT molecular complexity index is 231. The lowest BCUT2D eigenvalue weighted by atomic mass is 9.97. The van der Waals surface area contributed by atoms with Crippen LogP contribution in [-0.4, -0.2) is 23.8 Å². The molecule has 0 aliphatic carbocycles. The van der Waals surface area contributed by atoms with E-state index in [0.29, 0.717) is 12.3 Å². The van der Waals surface area contributed by atoms with Crippen molar-refractivity contribution >= 4 is 12.2 Å². The van der Waals surface area contributed by atoms with E-state index in [4.69, 9.17) is 4.74 Å². The summed E-state index contributed by atoms with van der Waals surface area (Å²) in [5.41, 5.74) is -0.215. The van der Waals surface area contributed by atoms with Crippen LogP contribution in [0.15, 0.2) is 17.6 Å². The smallest absolute Gasteiger partial charge is 0.209 e. The summed E-state index contributed by atoms with van der Waals surface area (Å²) in [7, 11) is 0. The van der Waals surface area contributed by atoms with Crippen LogP contribution < -0.4 is 0 Å². The molecule has 1 aliphatic rings. The molecule has 0 saturated heterocycles. The summed E-state index contributed by atoms with van der Waals surface area (Å²) in [5, 5.41) is 0. The summed E-state index contributed by atoms with van der Waals surface area (Å²) in [6, 6.07) is 0. The third kappa shape index (κ3) is 1.94. The number of rotatable bonds is 2. The van der Waals surface area contributed by atoms with Crippen LogP contribution in [0.25, 0.3) is 0 Å². The SMILES string of the molecule is C=CC1=NC(C)(C)CC(C=O)O1. The van der Waals surface area contributed by atoms with Gasteiger partial charge < -0.3 is 4.74 Å². The van der Waals surface area contributed by atoms with Crippen molar-refractivity contribution < 1.29 is 9.53 Å². The molecule has 0 fully saturated rings. The van der Waals surface area contributed by atoms with Crippen LogP contribution in [0.4, 0.5) is 0 Å². The first-order valence-electron chi connectivity index (χ1n) is 3.91. The summed E-state index contributed by atoms with van der Waals surface area (Å²) in [6.07, 6.45) is 2.59. The number of hydrogen-bond acceptors (Lipinski definition) is 3. The minimum Gasteiger partial charge on any atom is -0.467 e. The predicted molar refractivity (Wildman–Crippen MR) is 47.3 cm³/mol. The molecule has 3 heteroatoms. The van der Waals surface area contributed by atoms with Crippen LogP contribution in [0.2, 0.25) is 0 Å².